The third-order valence-electron chi connectivity index (χ3n) is 7.90. The fourth-order valence-corrected chi connectivity index (χ4v) is 5.65. The molecule has 3 heterocycles. The molecule has 4 aromatic rings. The number of amides is 2. The van der Waals surface area contributed by atoms with Gasteiger partial charge in [-0.15, -0.1) is 0 Å². The minimum atomic E-state index is -0.142. The molecule has 1 aromatic heterocycles. The average Bonchev–Trinajstić information content (AvgIpc) is 3.43. The molecule has 6 nitrogen and oxygen atoms in total. The van der Waals surface area contributed by atoms with Gasteiger partial charge in [0.25, 0.3) is 11.8 Å². The predicted molar refractivity (Wildman–Crippen MR) is 157 cm³/mol. The van der Waals surface area contributed by atoms with Gasteiger partial charge in [0.1, 0.15) is 0 Å². The van der Waals surface area contributed by atoms with Gasteiger partial charge in [0, 0.05) is 48.8 Å². The second-order valence-corrected chi connectivity index (χ2v) is 10.4. The lowest BCUT2D eigenvalue weighted by molar-refractivity contribution is -0.110. The van der Waals surface area contributed by atoms with E-state index in [4.69, 9.17) is 0 Å². The molecule has 1 fully saturated rings. The highest BCUT2D eigenvalue weighted by Gasteiger charge is 2.29. The van der Waals surface area contributed by atoms with E-state index in [0.29, 0.717) is 11.1 Å². The third-order valence-corrected chi connectivity index (χ3v) is 7.90. The molecule has 0 bridgehead atoms. The first-order valence-electron chi connectivity index (χ1n) is 13.4. The number of fused-ring (bicyclic) bond motifs is 1. The van der Waals surface area contributed by atoms with Crippen molar-refractivity contribution >= 4 is 29.2 Å². The highest BCUT2D eigenvalue weighted by molar-refractivity contribution is 6.36. The fraction of sp³-hybridized carbons (Fsp3) is 0.212. The number of rotatable bonds is 4. The van der Waals surface area contributed by atoms with E-state index in [-0.39, 0.29) is 11.8 Å². The zero-order chi connectivity index (χ0) is 27.1. The molecule has 1 saturated heterocycles. The van der Waals surface area contributed by atoms with E-state index in [1.165, 1.54) is 5.56 Å². The van der Waals surface area contributed by atoms with Crippen molar-refractivity contribution in [3.8, 4) is 22.3 Å². The average molecular weight is 517 g/mol. The standard InChI is InChI=1S/C33H32N4O2/c1-21-29(34-22(2)30(21)33(39)37-18-16-36(3)17-19-37)20-27-31-26(10-7-11-28(31)35-32(27)38)25-14-12-24(13-15-25)23-8-5-4-6-9-23/h4-15,20,34H,16-19H2,1-3H3,(H,35,38)/b27-20-. The molecule has 2 N–H and O–H groups in total. The Morgan fingerprint density at radius 1 is 0.821 bits per heavy atom. The van der Waals surface area contributed by atoms with Gasteiger partial charge in [0.2, 0.25) is 0 Å². The van der Waals surface area contributed by atoms with Crippen molar-refractivity contribution in [2.45, 2.75) is 13.8 Å². The lowest BCUT2D eigenvalue weighted by Crippen LogP contribution is -2.47. The van der Waals surface area contributed by atoms with Crippen molar-refractivity contribution in [2.24, 2.45) is 0 Å². The number of carbonyl (C=O) groups is 2. The van der Waals surface area contributed by atoms with Crippen LogP contribution in [0.15, 0.2) is 72.8 Å². The summed E-state index contributed by atoms with van der Waals surface area (Å²) in [5.74, 6) is -0.0913. The van der Waals surface area contributed by atoms with E-state index >= 15 is 0 Å². The van der Waals surface area contributed by atoms with Crippen LogP contribution in [0.3, 0.4) is 0 Å². The Balaban J connectivity index is 1.36. The number of aromatic amines is 1. The molecule has 39 heavy (non-hydrogen) atoms. The molecule has 3 aromatic carbocycles. The first-order valence-corrected chi connectivity index (χ1v) is 13.4. The van der Waals surface area contributed by atoms with E-state index in [2.05, 4.69) is 64.7 Å². The summed E-state index contributed by atoms with van der Waals surface area (Å²) in [6.45, 7) is 7.08. The fourth-order valence-electron chi connectivity index (χ4n) is 5.65. The molecule has 2 aliphatic rings. The summed E-state index contributed by atoms with van der Waals surface area (Å²) < 4.78 is 0. The molecule has 0 radical (unpaired) electrons. The summed E-state index contributed by atoms with van der Waals surface area (Å²) >= 11 is 0. The van der Waals surface area contributed by atoms with Gasteiger partial charge in [-0.1, -0.05) is 66.7 Å². The van der Waals surface area contributed by atoms with E-state index in [0.717, 1.165) is 71.1 Å². The number of likely N-dealkylation sites (N-methyl/N-ethyl adjacent to an activating group) is 1. The van der Waals surface area contributed by atoms with Crippen molar-refractivity contribution < 1.29 is 9.59 Å². The first kappa shape index (κ1) is 24.9. The summed E-state index contributed by atoms with van der Waals surface area (Å²) in [5, 5.41) is 3.03. The van der Waals surface area contributed by atoms with Crippen LogP contribution in [0.5, 0.6) is 0 Å². The highest BCUT2D eigenvalue weighted by atomic mass is 16.2. The second kappa shape index (κ2) is 10.0. The lowest BCUT2D eigenvalue weighted by Gasteiger charge is -2.32. The number of anilines is 1. The number of nitrogens with one attached hydrogen (secondary N) is 2. The Hall–Kier alpha value is -4.42. The summed E-state index contributed by atoms with van der Waals surface area (Å²) in [6, 6.07) is 24.7. The van der Waals surface area contributed by atoms with Crippen LogP contribution in [0.25, 0.3) is 33.9 Å². The molecule has 0 saturated carbocycles. The SMILES string of the molecule is Cc1[nH]c(/C=C2\C(=O)Nc3cccc(-c4ccc(-c5ccccc5)cc4)c32)c(C)c1C(=O)N1CCN(C)CC1. The summed E-state index contributed by atoms with van der Waals surface area (Å²) in [5.41, 5.74) is 9.81. The molecular weight excluding hydrogens is 484 g/mol. The van der Waals surface area contributed by atoms with Gasteiger partial charge in [0.05, 0.1) is 11.1 Å². The Morgan fingerprint density at radius 3 is 2.21 bits per heavy atom. The van der Waals surface area contributed by atoms with Crippen LogP contribution in [0.4, 0.5) is 5.69 Å². The number of piperazine rings is 1. The number of nitrogens with zero attached hydrogens (tertiary/aromatic N) is 2. The molecule has 6 heteroatoms. The minimum absolute atomic E-state index is 0.0504. The number of aromatic nitrogens is 1. The van der Waals surface area contributed by atoms with Crippen molar-refractivity contribution in [2.75, 3.05) is 38.5 Å². The summed E-state index contributed by atoms with van der Waals surface area (Å²) in [4.78, 5) is 34.2. The molecule has 0 atom stereocenters. The number of hydrogen-bond donors (Lipinski definition) is 2. The molecule has 0 unspecified atom stereocenters. The van der Waals surface area contributed by atoms with Gasteiger partial charge in [-0.25, -0.2) is 0 Å². The monoisotopic (exact) mass is 516 g/mol. The minimum Gasteiger partial charge on any atom is -0.358 e. The number of H-pyrrole nitrogens is 1. The molecular formula is C33H32N4O2. The molecule has 6 rings (SSSR count). The quantitative estimate of drug-likeness (QED) is 0.335. The zero-order valence-corrected chi connectivity index (χ0v) is 22.5. The van der Waals surface area contributed by atoms with Crippen LogP contribution in [-0.4, -0.2) is 59.8 Å². The lowest BCUT2D eigenvalue weighted by atomic mass is 9.93. The van der Waals surface area contributed by atoms with E-state index in [1.54, 1.807) is 0 Å². The summed E-state index contributed by atoms with van der Waals surface area (Å²) in [6.07, 6.45) is 1.89. The predicted octanol–water partition coefficient (Wildman–Crippen LogP) is 5.85. The smallest absolute Gasteiger partial charge is 0.256 e. The van der Waals surface area contributed by atoms with Gasteiger partial charge in [-0.2, -0.15) is 0 Å². The first-order chi connectivity index (χ1) is 18.9. The summed E-state index contributed by atoms with van der Waals surface area (Å²) in [7, 11) is 2.08. The topological polar surface area (TPSA) is 68.4 Å². The molecule has 196 valence electrons. The number of benzene rings is 3. The van der Waals surface area contributed by atoms with Crippen LogP contribution < -0.4 is 5.32 Å². The van der Waals surface area contributed by atoms with E-state index in [9.17, 15) is 9.59 Å². The van der Waals surface area contributed by atoms with Crippen molar-refractivity contribution in [1.82, 2.24) is 14.8 Å². The van der Waals surface area contributed by atoms with Crippen molar-refractivity contribution in [3.63, 3.8) is 0 Å². The zero-order valence-electron chi connectivity index (χ0n) is 22.5. The number of hydrogen-bond acceptors (Lipinski definition) is 3. The van der Waals surface area contributed by atoms with E-state index in [1.807, 2.05) is 55.2 Å². The Kier molecular flexibility index (Phi) is 6.41. The molecule has 2 amide bonds. The Bertz CT molecular complexity index is 1590. The van der Waals surface area contributed by atoms with E-state index < -0.39 is 0 Å². The van der Waals surface area contributed by atoms with Gasteiger partial charge in [-0.3, -0.25) is 9.59 Å². The van der Waals surface area contributed by atoms with Gasteiger partial charge < -0.3 is 20.1 Å². The van der Waals surface area contributed by atoms with Crippen LogP contribution in [0.2, 0.25) is 0 Å². The third kappa shape index (κ3) is 4.57. The van der Waals surface area contributed by atoms with Crippen LogP contribution in [-0.2, 0) is 4.79 Å². The van der Waals surface area contributed by atoms with Crippen LogP contribution >= 0.6 is 0 Å². The Morgan fingerprint density at radius 2 is 1.49 bits per heavy atom. The number of aryl methyl sites for hydroxylation is 1. The Labute approximate surface area is 229 Å². The molecule has 0 aliphatic carbocycles. The van der Waals surface area contributed by atoms with Gasteiger partial charge >= 0.3 is 0 Å². The maximum atomic E-state index is 13.4. The maximum absolute atomic E-state index is 13.4. The van der Waals surface area contributed by atoms with Gasteiger partial charge in [0.15, 0.2) is 0 Å². The number of carbonyl (C=O) groups excluding carboxylic acids is 2. The normalized spacial score (nSPS) is 16.4. The van der Waals surface area contributed by atoms with Gasteiger partial charge in [-0.05, 0) is 60.9 Å². The van der Waals surface area contributed by atoms with Crippen molar-refractivity contribution in [3.05, 3.63) is 101 Å². The largest absolute Gasteiger partial charge is 0.358 e. The van der Waals surface area contributed by atoms with Crippen molar-refractivity contribution in [1.29, 1.82) is 0 Å². The van der Waals surface area contributed by atoms with Crippen LogP contribution in [0, 0.1) is 13.8 Å². The highest BCUT2D eigenvalue weighted by Crippen LogP contribution is 2.41. The molecule has 2 aliphatic heterocycles. The van der Waals surface area contributed by atoms with Crippen LogP contribution in [0.1, 0.15) is 32.9 Å². The maximum Gasteiger partial charge on any atom is 0.256 e. The second-order valence-electron chi connectivity index (χ2n) is 10.4. The molecule has 0 spiro atoms.